The first-order valence-electron chi connectivity index (χ1n) is 6.80. The number of sulfone groups is 1. The van der Waals surface area contributed by atoms with Crippen LogP contribution in [0.25, 0.3) is 0 Å². The van der Waals surface area contributed by atoms with Gasteiger partial charge >= 0.3 is 0 Å². The Morgan fingerprint density at radius 3 is 2.57 bits per heavy atom. The van der Waals surface area contributed by atoms with Crippen LogP contribution in [0.5, 0.6) is 0 Å². The zero-order valence-corrected chi connectivity index (χ0v) is 14.7. The molecule has 23 heavy (non-hydrogen) atoms. The van der Waals surface area contributed by atoms with Gasteiger partial charge in [-0.2, -0.15) is 0 Å². The quantitative estimate of drug-likeness (QED) is 0.840. The van der Waals surface area contributed by atoms with Crippen LogP contribution in [-0.2, 0) is 16.3 Å². The molecule has 2 rings (SSSR count). The molecule has 0 aliphatic carbocycles. The Morgan fingerprint density at radius 2 is 1.91 bits per heavy atom. The molecule has 0 saturated carbocycles. The van der Waals surface area contributed by atoms with E-state index < -0.39 is 15.7 Å². The summed E-state index contributed by atoms with van der Waals surface area (Å²) in [7, 11) is -3.47. The first-order valence-corrected chi connectivity index (χ1v) is 9.48. The van der Waals surface area contributed by atoms with E-state index in [-0.39, 0.29) is 16.3 Å². The number of nitrogens with one attached hydrogen (secondary N) is 1. The molecule has 122 valence electrons. The lowest BCUT2D eigenvalue weighted by Crippen LogP contribution is -2.27. The molecule has 0 heterocycles. The van der Waals surface area contributed by atoms with Gasteiger partial charge in [0.05, 0.1) is 14.9 Å². The van der Waals surface area contributed by atoms with Gasteiger partial charge in [0.1, 0.15) is 5.82 Å². The summed E-state index contributed by atoms with van der Waals surface area (Å²) in [6.07, 6.45) is 1.57. The topological polar surface area (TPSA) is 63.2 Å². The number of carbonyl (C=O) groups excluding carboxylic acids is 1. The van der Waals surface area contributed by atoms with E-state index >= 15 is 0 Å². The highest BCUT2D eigenvalue weighted by molar-refractivity contribution is 9.10. The molecule has 0 atom stereocenters. The fourth-order valence-corrected chi connectivity index (χ4v) is 3.40. The minimum atomic E-state index is -3.47. The summed E-state index contributed by atoms with van der Waals surface area (Å²) >= 11 is 3.11. The van der Waals surface area contributed by atoms with Gasteiger partial charge in [-0.3, -0.25) is 4.79 Å². The molecule has 0 bridgehead atoms. The zero-order chi connectivity index (χ0) is 17.0. The lowest BCUT2D eigenvalue weighted by Gasteiger charge is -2.09. The monoisotopic (exact) mass is 399 g/mol. The maximum atomic E-state index is 13.2. The first kappa shape index (κ1) is 17.6. The van der Waals surface area contributed by atoms with Crippen molar-refractivity contribution < 1.29 is 17.6 Å². The van der Waals surface area contributed by atoms with Gasteiger partial charge < -0.3 is 5.32 Å². The summed E-state index contributed by atoms with van der Waals surface area (Å²) in [5.41, 5.74) is 0.977. The predicted molar refractivity (Wildman–Crippen MR) is 89.7 cm³/mol. The third-order valence-corrected chi connectivity index (χ3v) is 4.98. The Hall–Kier alpha value is -1.73. The lowest BCUT2D eigenvalue weighted by atomic mass is 10.1. The van der Waals surface area contributed by atoms with Crippen molar-refractivity contribution in [3.8, 4) is 0 Å². The molecule has 0 aromatic heterocycles. The van der Waals surface area contributed by atoms with Crippen LogP contribution >= 0.6 is 15.9 Å². The van der Waals surface area contributed by atoms with Crippen LogP contribution < -0.4 is 5.32 Å². The number of benzene rings is 2. The van der Waals surface area contributed by atoms with Crippen LogP contribution in [0.3, 0.4) is 0 Å². The van der Waals surface area contributed by atoms with Crippen LogP contribution in [-0.4, -0.2) is 27.1 Å². The molecular weight excluding hydrogens is 385 g/mol. The second kappa shape index (κ2) is 7.23. The van der Waals surface area contributed by atoms with Gasteiger partial charge in [-0.1, -0.05) is 18.2 Å². The SMILES string of the molecule is CS(=O)(=O)c1ccccc1C(=O)NCCc1ccc(F)c(Br)c1. The van der Waals surface area contributed by atoms with Crippen molar-refractivity contribution in [2.45, 2.75) is 11.3 Å². The molecule has 1 N–H and O–H groups in total. The predicted octanol–water partition coefficient (Wildman–Crippen LogP) is 2.96. The number of hydrogen-bond donors (Lipinski definition) is 1. The summed E-state index contributed by atoms with van der Waals surface area (Å²) in [6, 6.07) is 10.7. The highest BCUT2D eigenvalue weighted by Crippen LogP contribution is 2.17. The summed E-state index contributed by atoms with van der Waals surface area (Å²) in [5, 5.41) is 2.68. The minimum absolute atomic E-state index is 0.00188. The van der Waals surface area contributed by atoms with E-state index in [1.807, 2.05) is 0 Å². The fraction of sp³-hybridized carbons (Fsp3) is 0.188. The highest BCUT2D eigenvalue weighted by atomic mass is 79.9. The number of halogens is 2. The first-order chi connectivity index (χ1) is 10.8. The van der Waals surface area contributed by atoms with Crippen molar-refractivity contribution in [1.29, 1.82) is 0 Å². The fourth-order valence-electron chi connectivity index (χ4n) is 2.09. The Labute approximate surface area is 142 Å². The third-order valence-electron chi connectivity index (χ3n) is 3.21. The Balaban J connectivity index is 2.05. The molecule has 0 fully saturated rings. The number of hydrogen-bond acceptors (Lipinski definition) is 3. The largest absolute Gasteiger partial charge is 0.352 e. The molecule has 0 unspecified atom stereocenters. The van der Waals surface area contributed by atoms with Crippen molar-refractivity contribution in [3.63, 3.8) is 0 Å². The Morgan fingerprint density at radius 1 is 1.22 bits per heavy atom. The number of rotatable bonds is 5. The summed E-state index contributed by atoms with van der Waals surface area (Å²) in [5.74, 6) is -0.799. The van der Waals surface area contributed by atoms with Gasteiger partial charge in [0.2, 0.25) is 0 Å². The minimum Gasteiger partial charge on any atom is -0.352 e. The number of carbonyl (C=O) groups is 1. The average Bonchev–Trinajstić information content (AvgIpc) is 2.50. The summed E-state index contributed by atoms with van der Waals surface area (Å²) < 4.78 is 36.9. The molecule has 0 spiro atoms. The van der Waals surface area contributed by atoms with Crippen molar-refractivity contribution >= 4 is 31.7 Å². The molecule has 4 nitrogen and oxygen atoms in total. The van der Waals surface area contributed by atoms with Crippen LogP contribution in [0.1, 0.15) is 15.9 Å². The van der Waals surface area contributed by atoms with Gasteiger partial charge in [0.15, 0.2) is 9.84 Å². The van der Waals surface area contributed by atoms with Crippen molar-refractivity contribution in [2.75, 3.05) is 12.8 Å². The van der Waals surface area contributed by atoms with Crippen LogP contribution in [0.4, 0.5) is 4.39 Å². The second-order valence-corrected chi connectivity index (χ2v) is 7.86. The van der Waals surface area contributed by atoms with E-state index in [0.717, 1.165) is 11.8 Å². The smallest absolute Gasteiger partial charge is 0.252 e. The van der Waals surface area contributed by atoms with Crippen LogP contribution in [0, 0.1) is 5.82 Å². The van der Waals surface area contributed by atoms with E-state index in [2.05, 4.69) is 21.2 Å². The Bertz CT molecular complexity index is 837. The van der Waals surface area contributed by atoms with Crippen molar-refractivity contribution in [1.82, 2.24) is 5.32 Å². The molecule has 0 saturated heterocycles. The van der Waals surface area contributed by atoms with Crippen molar-refractivity contribution in [2.24, 2.45) is 0 Å². The summed E-state index contributed by atoms with van der Waals surface area (Å²) in [6.45, 7) is 0.314. The maximum absolute atomic E-state index is 13.2. The standard InChI is InChI=1S/C16H15BrFNO3S/c1-23(21,22)15-5-3-2-4-12(15)16(20)19-9-8-11-6-7-14(18)13(17)10-11/h2-7,10H,8-9H2,1H3,(H,19,20). The second-order valence-electron chi connectivity index (χ2n) is 5.02. The van der Waals surface area contributed by atoms with E-state index in [4.69, 9.17) is 0 Å². The summed E-state index contributed by atoms with van der Waals surface area (Å²) in [4.78, 5) is 12.2. The van der Waals surface area contributed by atoms with E-state index in [1.54, 1.807) is 24.3 Å². The van der Waals surface area contributed by atoms with Gasteiger partial charge in [-0.05, 0) is 52.2 Å². The zero-order valence-electron chi connectivity index (χ0n) is 12.3. The average molecular weight is 400 g/mol. The maximum Gasteiger partial charge on any atom is 0.252 e. The highest BCUT2D eigenvalue weighted by Gasteiger charge is 2.17. The Kier molecular flexibility index (Phi) is 5.54. The van der Waals surface area contributed by atoms with Gasteiger partial charge in [0, 0.05) is 12.8 Å². The molecule has 0 radical (unpaired) electrons. The van der Waals surface area contributed by atoms with E-state index in [9.17, 15) is 17.6 Å². The normalized spacial score (nSPS) is 11.3. The molecule has 2 aromatic carbocycles. The van der Waals surface area contributed by atoms with Gasteiger partial charge in [-0.25, -0.2) is 12.8 Å². The molecule has 2 aromatic rings. The van der Waals surface area contributed by atoms with Gasteiger partial charge in [0.25, 0.3) is 5.91 Å². The van der Waals surface area contributed by atoms with E-state index in [1.165, 1.54) is 18.2 Å². The number of amides is 1. The molecule has 0 aliphatic heterocycles. The molecule has 0 aliphatic rings. The van der Waals surface area contributed by atoms with E-state index in [0.29, 0.717) is 17.4 Å². The third kappa shape index (κ3) is 4.62. The van der Waals surface area contributed by atoms with Crippen LogP contribution in [0.2, 0.25) is 0 Å². The molecule has 7 heteroatoms. The van der Waals surface area contributed by atoms with Crippen molar-refractivity contribution in [3.05, 3.63) is 63.9 Å². The van der Waals surface area contributed by atoms with Gasteiger partial charge in [-0.15, -0.1) is 0 Å². The lowest BCUT2D eigenvalue weighted by molar-refractivity contribution is 0.0951. The molecular formula is C16H15BrFNO3S. The van der Waals surface area contributed by atoms with Crippen LogP contribution in [0.15, 0.2) is 51.8 Å². The molecule has 1 amide bonds.